The molecule has 0 amide bonds. The molecule has 1 fully saturated rings. The number of rotatable bonds is 5. The highest BCUT2D eigenvalue weighted by Gasteiger charge is 2.31. The minimum Gasteiger partial charge on any atom is -0.354 e. The maximum atomic E-state index is 5.59. The van der Waals surface area contributed by atoms with Gasteiger partial charge in [0.05, 0.1) is 6.04 Å². The van der Waals surface area contributed by atoms with Gasteiger partial charge in [0.25, 0.3) is 0 Å². The van der Waals surface area contributed by atoms with E-state index in [1.807, 2.05) is 55.5 Å². The molecule has 0 saturated carbocycles. The molecule has 0 spiro atoms. The van der Waals surface area contributed by atoms with Crippen LogP contribution in [0.15, 0.2) is 41.1 Å². The van der Waals surface area contributed by atoms with Gasteiger partial charge in [-0.25, -0.2) is 4.98 Å². The third kappa shape index (κ3) is 3.43. The van der Waals surface area contributed by atoms with Gasteiger partial charge in [0.1, 0.15) is 0 Å². The Morgan fingerprint density at radius 1 is 1.28 bits per heavy atom. The third-order valence-electron chi connectivity index (χ3n) is 4.41. The molecule has 2 aromatic heterocycles. The first-order chi connectivity index (χ1) is 12.2. The molecule has 3 heterocycles. The maximum absolute atomic E-state index is 5.59. The molecular weight excluding hydrogens is 334 g/mol. The summed E-state index contributed by atoms with van der Waals surface area (Å²) < 4.78 is 5.59. The van der Waals surface area contributed by atoms with Crippen LogP contribution in [0.1, 0.15) is 29.7 Å². The Balaban J connectivity index is 1.50. The lowest BCUT2D eigenvalue weighted by atomic mass is 10.2. The molecule has 0 aliphatic carbocycles. The maximum Gasteiger partial charge on any atom is 0.244 e. The number of likely N-dealkylation sites (tertiary alicyclic amines) is 1. The zero-order chi connectivity index (χ0) is 17.2. The molecule has 0 radical (unpaired) electrons. The first-order valence-corrected chi connectivity index (χ1v) is 9.27. The molecular formula is C18H21N5OS. The van der Waals surface area contributed by atoms with Crippen LogP contribution in [0.4, 0.5) is 5.13 Å². The SMILES string of the molecule is CN(C)c1ncc(CN2CCCC2c2nc(-c3ccccc3)no2)s1. The predicted molar refractivity (Wildman–Crippen MR) is 98.6 cm³/mol. The largest absolute Gasteiger partial charge is 0.354 e. The number of hydrogen-bond donors (Lipinski definition) is 0. The van der Waals surface area contributed by atoms with Gasteiger partial charge in [-0.15, -0.1) is 11.3 Å². The first-order valence-electron chi connectivity index (χ1n) is 8.46. The van der Waals surface area contributed by atoms with E-state index in [9.17, 15) is 0 Å². The second-order valence-electron chi connectivity index (χ2n) is 6.45. The molecule has 1 unspecified atom stereocenters. The summed E-state index contributed by atoms with van der Waals surface area (Å²) in [6, 6.07) is 10.1. The quantitative estimate of drug-likeness (QED) is 0.697. The van der Waals surface area contributed by atoms with Crippen molar-refractivity contribution in [3.8, 4) is 11.4 Å². The van der Waals surface area contributed by atoms with Gasteiger partial charge >= 0.3 is 0 Å². The van der Waals surface area contributed by atoms with Crippen LogP contribution in [0, 0.1) is 0 Å². The lowest BCUT2D eigenvalue weighted by Crippen LogP contribution is -2.22. The summed E-state index contributed by atoms with van der Waals surface area (Å²) in [7, 11) is 4.04. The van der Waals surface area contributed by atoms with Gasteiger partial charge in [0, 0.05) is 37.3 Å². The van der Waals surface area contributed by atoms with Gasteiger partial charge in [-0.3, -0.25) is 4.90 Å². The zero-order valence-electron chi connectivity index (χ0n) is 14.4. The molecule has 3 aromatic rings. The van der Waals surface area contributed by atoms with Crippen molar-refractivity contribution < 1.29 is 4.52 Å². The second-order valence-corrected chi connectivity index (χ2v) is 7.55. The van der Waals surface area contributed by atoms with Crippen molar-refractivity contribution in [3.05, 3.63) is 47.3 Å². The fourth-order valence-corrected chi connectivity index (χ4v) is 4.01. The van der Waals surface area contributed by atoms with Gasteiger partial charge in [-0.2, -0.15) is 4.98 Å². The third-order valence-corrected chi connectivity index (χ3v) is 5.56. The minimum absolute atomic E-state index is 0.190. The van der Waals surface area contributed by atoms with Crippen LogP contribution in [0.5, 0.6) is 0 Å². The van der Waals surface area contributed by atoms with Crippen molar-refractivity contribution in [1.82, 2.24) is 20.0 Å². The van der Waals surface area contributed by atoms with E-state index < -0.39 is 0 Å². The van der Waals surface area contributed by atoms with Gasteiger partial charge in [-0.05, 0) is 19.4 Å². The first kappa shape index (κ1) is 16.2. The lowest BCUT2D eigenvalue weighted by molar-refractivity contribution is 0.202. The van der Waals surface area contributed by atoms with Crippen LogP contribution in [0.3, 0.4) is 0 Å². The van der Waals surface area contributed by atoms with Crippen molar-refractivity contribution in [1.29, 1.82) is 0 Å². The van der Waals surface area contributed by atoms with E-state index in [-0.39, 0.29) is 6.04 Å². The van der Waals surface area contributed by atoms with Gasteiger partial charge in [0.15, 0.2) is 5.13 Å². The van der Waals surface area contributed by atoms with Crippen molar-refractivity contribution >= 4 is 16.5 Å². The van der Waals surface area contributed by atoms with Crippen molar-refractivity contribution in [2.24, 2.45) is 0 Å². The number of benzene rings is 1. The summed E-state index contributed by atoms with van der Waals surface area (Å²) in [4.78, 5) is 14.8. The average Bonchev–Trinajstić information content (AvgIpc) is 3.36. The van der Waals surface area contributed by atoms with Crippen LogP contribution in [0.2, 0.25) is 0 Å². The van der Waals surface area contributed by atoms with E-state index in [0.29, 0.717) is 11.7 Å². The van der Waals surface area contributed by atoms with Crippen LogP contribution in [-0.2, 0) is 6.54 Å². The monoisotopic (exact) mass is 355 g/mol. The molecule has 0 N–H and O–H groups in total. The van der Waals surface area contributed by atoms with Crippen molar-refractivity contribution in [2.45, 2.75) is 25.4 Å². The van der Waals surface area contributed by atoms with Crippen LogP contribution in [0.25, 0.3) is 11.4 Å². The Labute approximate surface area is 151 Å². The molecule has 0 bridgehead atoms. The summed E-state index contributed by atoms with van der Waals surface area (Å²) in [5.74, 6) is 1.38. The number of aromatic nitrogens is 3. The van der Waals surface area contributed by atoms with Crippen molar-refractivity contribution in [3.63, 3.8) is 0 Å². The van der Waals surface area contributed by atoms with Gasteiger partial charge < -0.3 is 9.42 Å². The highest BCUT2D eigenvalue weighted by atomic mass is 32.1. The topological polar surface area (TPSA) is 58.3 Å². The summed E-state index contributed by atoms with van der Waals surface area (Å²) >= 11 is 1.73. The molecule has 25 heavy (non-hydrogen) atoms. The predicted octanol–water partition coefficient (Wildman–Crippen LogP) is 3.60. The highest BCUT2D eigenvalue weighted by Crippen LogP contribution is 2.34. The number of thiazole rings is 1. The lowest BCUT2D eigenvalue weighted by Gasteiger charge is -2.20. The van der Waals surface area contributed by atoms with Crippen LogP contribution < -0.4 is 4.90 Å². The molecule has 4 rings (SSSR count). The van der Waals surface area contributed by atoms with E-state index in [4.69, 9.17) is 4.52 Å². The number of anilines is 1. The molecule has 1 aromatic carbocycles. The van der Waals surface area contributed by atoms with Crippen molar-refractivity contribution in [2.75, 3.05) is 25.5 Å². The summed E-state index contributed by atoms with van der Waals surface area (Å²) in [6.45, 7) is 1.92. The van der Waals surface area contributed by atoms with E-state index in [0.717, 1.165) is 36.6 Å². The van der Waals surface area contributed by atoms with Crippen LogP contribution in [-0.4, -0.2) is 40.7 Å². The summed E-state index contributed by atoms with van der Waals surface area (Å²) in [5.41, 5.74) is 0.986. The fraction of sp³-hybridized carbons (Fsp3) is 0.389. The average molecular weight is 355 g/mol. The van der Waals surface area contributed by atoms with E-state index >= 15 is 0 Å². The number of nitrogens with zero attached hydrogens (tertiary/aromatic N) is 5. The Kier molecular flexibility index (Phi) is 4.50. The fourth-order valence-electron chi connectivity index (χ4n) is 3.15. The van der Waals surface area contributed by atoms with E-state index in [1.165, 1.54) is 4.88 Å². The van der Waals surface area contributed by atoms with Crippen LogP contribution >= 0.6 is 11.3 Å². The van der Waals surface area contributed by atoms with E-state index in [1.54, 1.807) is 11.3 Å². The molecule has 130 valence electrons. The molecule has 1 aliphatic heterocycles. The molecule has 1 atom stereocenters. The second kappa shape index (κ2) is 6.93. The zero-order valence-corrected chi connectivity index (χ0v) is 15.2. The molecule has 1 saturated heterocycles. The minimum atomic E-state index is 0.190. The molecule has 7 heteroatoms. The number of hydrogen-bond acceptors (Lipinski definition) is 7. The summed E-state index contributed by atoms with van der Waals surface area (Å²) in [6.07, 6.45) is 4.17. The Morgan fingerprint density at radius 2 is 2.12 bits per heavy atom. The summed E-state index contributed by atoms with van der Waals surface area (Å²) in [5, 5.41) is 5.21. The van der Waals surface area contributed by atoms with Gasteiger partial charge in [-0.1, -0.05) is 35.5 Å². The van der Waals surface area contributed by atoms with E-state index in [2.05, 4.69) is 20.0 Å². The smallest absolute Gasteiger partial charge is 0.244 e. The molecule has 6 nitrogen and oxygen atoms in total. The Morgan fingerprint density at radius 3 is 2.88 bits per heavy atom. The Hall–Kier alpha value is -2.25. The molecule has 1 aliphatic rings. The standard InChI is InChI=1S/C18H21N5OS/c1-22(2)18-19-11-14(25-18)12-23-10-6-9-15(23)17-20-16(21-24-17)13-7-4-3-5-8-13/h3-5,7-8,11,15H,6,9-10,12H2,1-2H3. The highest BCUT2D eigenvalue weighted by molar-refractivity contribution is 7.15. The normalized spacial score (nSPS) is 17.9. The Bertz CT molecular complexity index is 829. The van der Waals surface area contributed by atoms with Gasteiger partial charge in [0.2, 0.25) is 11.7 Å².